The molecule has 5 nitrogen and oxygen atoms in total. The van der Waals surface area contributed by atoms with Crippen LogP contribution in [-0.4, -0.2) is 11.8 Å². The quantitative estimate of drug-likeness (QED) is 0.847. The molecule has 2 N–H and O–H groups in total. The first-order valence-electron chi connectivity index (χ1n) is 5.82. The Morgan fingerprint density at radius 1 is 1.22 bits per heavy atom. The Morgan fingerprint density at radius 3 is 2.56 bits per heavy atom. The van der Waals surface area contributed by atoms with Gasteiger partial charge in [0.1, 0.15) is 6.61 Å². The Labute approximate surface area is 105 Å². The fraction of sp³-hybridized carbons (Fsp3) is 0.308. The molecular weight excluding hydrogens is 232 g/mol. The average molecular weight is 248 g/mol. The predicted octanol–water partition coefficient (Wildman–Crippen LogP) is 2.11. The van der Waals surface area contributed by atoms with Crippen molar-refractivity contribution in [3.63, 3.8) is 0 Å². The van der Waals surface area contributed by atoms with Crippen molar-refractivity contribution in [1.82, 2.24) is 5.16 Å². The third kappa shape index (κ3) is 3.01. The summed E-state index contributed by atoms with van der Waals surface area (Å²) < 4.78 is 16.2. The van der Waals surface area contributed by atoms with Crippen molar-refractivity contribution < 1.29 is 14.0 Å². The van der Waals surface area contributed by atoms with Crippen LogP contribution in [0, 0.1) is 0 Å². The smallest absolute Gasteiger partial charge is 0.174 e. The molecule has 2 rings (SSSR count). The summed E-state index contributed by atoms with van der Waals surface area (Å²) in [6, 6.07) is 9.29. The van der Waals surface area contributed by atoms with Crippen LogP contribution in [0.5, 0.6) is 11.5 Å². The minimum Gasteiger partial charge on any atom is -0.490 e. The third-order valence-corrected chi connectivity index (χ3v) is 2.34. The van der Waals surface area contributed by atoms with Gasteiger partial charge >= 0.3 is 0 Å². The summed E-state index contributed by atoms with van der Waals surface area (Å²) in [6.45, 7) is 3.19. The topological polar surface area (TPSA) is 70.5 Å². The highest BCUT2D eigenvalue weighted by atomic mass is 16.5. The molecule has 0 radical (unpaired) electrons. The molecule has 5 heteroatoms. The SMILES string of the molecule is CCOc1ccccc1OCc1cc(CN)no1. The van der Waals surface area contributed by atoms with Gasteiger partial charge in [-0.05, 0) is 19.1 Å². The van der Waals surface area contributed by atoms with E-state index in [-0.39, 0.29) is 0 Å². The molecule has 1 aromatic carbocycles. The van der Waals surface area contributed by atoms with Gasteiger partial charge in [0.15, 0.2) is 17.3 Å². The average Bonchev–Trinajstić information content (AvgIpc) is 2.86. The van der Waals surface area contributed by atoms with Crippen molar-refractivity contribution in [3.8, 4) is 11.5 Å². The van der Waals surface area contributed by atoms with Crippen molar-refractivity contribution in [3.05, 3.63) is 41.8 Å². The molecule has 0 fully saturated rings. The van der Waals surface area contributed by atoms with E-state index in [1.807, 2.05) is 31.2 Å². The highest BCUT2D eigenvalue weighted by Crippen LogP contribution is 2.27. The third-order valence-electron chi connectivity index (χ3n) is 2.34. The van der Waals surface area contributed by atoms with Gasteiger partial charge in [-0.3, -0.25) is 0 Å². The second-order valence-electron chi connectivity index (χ2n) is 3.66. The molecule has 0 saturated carbocycles. The number of aromatic nitrogens is 1. The number of ether oxygens (including phenoxy) is 2. The van der Waals surface area contributed by atoms with E-state index in [1.54, 1.807) is 6.07 Å². The Bertz CT molecular complexity index is 496. The zero-order valence-corrected chi connectivity index (χ0v) is 10.3. The summed E-state index contributed by atoms with van der Waals surface area (Å²) in [5.41, 5.74) is 6.17. The predicted molar refractivity (Wildman–Crippen MR) is 66.3 cm³/mol. The largest absolute Gasteiger partial charge is 0.490 e. The monoisotopic (exact) mass is 248 g/mol. The Hall–Kier alpha value is -2.01. The summed E-state index contributed by atoms with van der Waals surface area (Å²) in [5.74, 6) is 2.05. The lowest BCUT2D eigenvalue weighted by Crippen LogP contribution is -1.99. The number of nitrogens with two attached hydrogens (primary N) is 1. The molecule has 0 spiro atoms. The van der Waals surface area contributed by atoms with E-state index in [0.29, 0.717) is 37.0 Å². The summed E-state index contributed by atoms with van der Waals surface area (Å²) in [5, 5.41) is 3.79. The molecule has 0 unspecified atom stereocenters. The molecule has 18 heavy (non-hydrogen) atoms. The van der Waals surface area contributed by atoms with Crippen LogP contribution in [0.4, 0.5) is 0 Å². The number of para-hydroxylation sites is 2. The lowest BCUT2D eigenvalue weighted by atomic mass is 10.3. The Kier molecular flexibility index (Phi) is 4.20. The minimum absolute atomic E-state index is 0.303. The van der Waals surface area contributed by atoms with Crippen LogP contribution in [-0.2, 0) is 13.2 Å². The van der Waals surface area contributed by atoms with Gasteiger partial charge in [-0.25, -0.2) is 0 Å². The number of hydrogen-bond donors (Lipinski definition) is 1. The lowest BCUT2D eigenvalue weighted by molar-refractivity contribution is 0.233. The molecule has 0 saturated heterocycles. The standard InChI is InChI=1S/C13H16N2O3/c1-2-16-12-5-3-4-6-13(12)17-9-11-7-10(8-14)15-18-11/h3-7H,2,8-9,14H2,1H3. The Balaban J connectivity index is 2.01. The molecule has 2 aromatic rings. The molecule has 0 amide bonds. The first-order chi connectivity index (χ1) is 8.83. The van der Waals surface area contributed by atoms with E-state index in [2.05, 4.69) is 5.16 Å². The summed E-state index contributed by atoms with van der Waals surface area (Å²) in [6.07, 6.45) is 0. The van der Waals surface area contributed by atoms with Gasteiger partial charge in [0.05, 0.1) is 12.3 Å². The second kappa shape index (κ2) is 6.07. The van der Waals surface area contributed by atoms with Crippen LogP contribution in [0.2, 0.25) is 0 Å². The van der Waals surface area contributed by atoms with Crippen molar-refractivity contribution in [2.45, 2.75) is 20.1 Å². The van der Waals surface area contributed by atoms with Crippen molar-refractivity contribution in [2.75, 3.05) is 6.61 Å². The number of hydrogen-bond acceptors (Lipinski definition) is 5. The van der Waals surface area contributed by atoms with E-state index in [1.165, 1.54) is 0 Å². The molecule has 1 heterocycles. The van der Waals surface area contributed by atoms with Gasteiger partial charge in [-0.2, -0.15) is 0 Å². The normalized spacial score (nSPS) is 10.3. The molecule has 96 valence electrons. The maximum atomic E-state index is 5.63. The van der Waals surface area contributed by atoms with Crippen molar-refractivity contribution in [2.24, 2.45) is 5.73 Å². The zero-order chi connectivity index (χ0) is 12.8. The fourth-order valence-electron chi connectivity index (χ4n) is 1.51. The van der Waals surface area contributed by atoms with Crippen LogP contribution in [0.15, 0.2) is 34.9 Å². The lowest BCUT2D eigenvalue weighted by Gasteiger charge is -2.09. The first kappa shape index (κ1) is 12.4. The Morgan fingerprint density at radius 2 is 1.94 bits per heavy atom. The van der Waals surface area contributed by atoms with E-state index < -0.39 is 0 Å². The molecule has 0 aliphatic carbocycles. The molecule has 0 atom stereocenters. The van der Waals surface area contributed by atoms with Crippen LogP contribution in [0.25, 0.3) is 0 Å². The molecule has 0 bridgehead atoms. The van der Waals surface area contributed by atoms with Crippen molar-refractivity contribution >= 4 is 0 Å². The van der Waals surface area contributed by atoms with Crippen LogP contribution in [0.1, 0.15) is 18.4 Å². The number of rotatable bonds is 6. The fourth-order valence-corrected chi connectivity index (χ4v) is 1.51. The maximum absolute atomic E-state index is 5.63. The second-order valence-corrected chi connectivity index (χ2v) is 3.66. The van der Waals surface area contributed by atoms with E-state index in [9.17, 15) is 0 Å². The summed E-state index contributed by atoms with van der Waals surface area (Å²) in [4.78, 5) is 0. The van der Waals surface area contributed by atoms with Crippen molar-refractivity contribution in [1.29, 1.82) is 0 Å². The highest BCUT2D eigenvalue weighted by molar-refractivity contribution is 5.39. The first-order valence-corrected chi connectivity index (χ1v) is 5.82. The zero-order valence-electron chi connectivity index (χ0n) is 10.3. The molecule has 0 aliphatic rings. The summed E-state index contributed by atoms with van der Waals surface area (Å²) >= 11 is 0. The van der Waals surface area contributed by atoms with Gasteiger partial charge < -0.3 is 19.7 Å². The van der Waals surface area contributed by atoms with E-state index in [4.69, 9.17) is 19.7 Å². The molecular formula is C13H16N2O3. The minimum atomic E-state index is 0.303. The van der Waals surface area contributed by atoms with Crippen LogP contribution < -0.4 is 15.2 Å². The molecule has 0 aliphatic heterocycles. The van der Waals surface area contributed by atoms with Gasteiger partial charge in [-0.15, -0.1) is 0 Å². The molecule has 1 aromatic heterocycles. The van der Waals surface area contributed by atoms with Gasteiger partial charge in [0.25, 0.3) is 0 Å². The van der Waals surface area contributed by atoms with Crippen LogP contribution in [0.3, 0.4) is 0 Å². The van der Waals surface area contributed by atoms with Gasteiger partial charge in [0.2, 0.25) is 0 Å². The number of benzene rings is 1. The maximum Gasteiger partial charge on any atom is 0.174 e. The van der Waals surface area contributed by atoms with E-state index >= 15 is 0 Å². The van der Waals surface area contributed by atoms with Gasteiger partial charge in [-0.1, -0.05) is 17.3 Å². The highest BCUT2D eigenvalue weighted by Gasteiger charge is 2.07. The van der Waals surface area contributed by atoms with Gasteiger partial charge in [0, 0.05) is 12.6 Å². The van der Waals surface area contributed by atoms with E-state index in [0.717, 1.165) is 5.75 Å². The number of nitrogens with zero attached hydrogens (tertiary/aromatic N) is 1. The summed E-state index contributed by atoms with van der Waals surface area (Å²) in [7, 11) is 0. The van der Waals surface area contributed by atoms with Crippen LogP contribution >= 0.6 is 0 Å².